The molecular weight excluding hydrogens is 290 g/mol. The minimum atomic E-state index is -0.432. The lowest BCUT2D eigenvalue weighted by atomic mass is 10.1. The van der Waals surface area contributed by atoms with E-state index in [1.807, 2.05) is 0 Å². The average Bonchev–Trinajstić information content (AvgIpc) is 2.43. The van der Waals surface area contributed by atoms with Crippen molar-refractivity contribution < 1.29 is 14.4 Å². The molecule has 0 spiro atoms. The number of anilines is 1. The van der Waals surface area contributed by atoms with E-state index in [-0.39, 0.29) is 23.3 Å². The third-order valence-corrected chi connectivity index (χ3v) is 3.35. The first-order chi connectivity index (χ1) is 9.97. The number of thiocarbonyl (C=S) groups is 1. The molecule has 1 aromatic carbocycles. The molecular formula is C14H15N3O3S. The van der Waals surface area contributed by atoms with Gasteiger partial charge in [-0.05, 0) is 18.6 Å². The number of carbonyl (C=O) groups excluding carboxylic acids is 3. The first-order valence-electron chi connectivity index (χ1n) is 6.50. The molecule has 1 fully saturated rings. The minimum absolute atomic E-state index is 0.229. The summed E-state index contributed by atoms with van der Waals surface area (Å²) in [5.41, 5.74) is 6.67. The van der Waals surface area contributed by atoms with E-state index in [0.29, 0.717) is 30.5 Å². The van der Waals surface area contributed by atoms with Crippen LogP contribution >= 0.6 is 12.2 Å². The highest BCUT2D eigenvalue weighted by Crippen LogP contribution is 2.13. The van der Waals surface area contributed by atoms with E-state index in [9.17, 15) is 14.4 Å². The van der Waals surface area contributed by atoms with Crippen LogP contribution in [-0.2, 0) is 14.4 Å². The van der Waals surface area contributed by atoms with E-state index < -0.39 is 5.91 Å². The van der Waals surface area contributed by atoms with Crippen LogP contribution < -0.4 is 11.1 Å². The molecule has 7 heteroatoms. The Hall–Kier alpha value is -2.28. The van der Waals surface area contributed by atoms with E-state index in [4.69, 9.17) is 18.0 Å². The fourth-order valence-corrected chi connectivity index (χ4v) is 2.20. The molecule has 21 heavy (non-hydrogen) atoms. The van der Waals surface area contributed by atoms with Gasteiger partial charge < -0.3 is 11.1 Å². The molecule has 1 heterocycles. The zero-order valence-electron chi connectivity index (χ0n) is 11.3. The van der Waals surface area contributed by atoms with Gasteiger partial charge in [0.15, 0.2) is 0 Å². The van der Waals surface area contributed by atoms with Gasteiger partial charge in [-0.2, -0.15) is 0 Å². The van der Waals surface area contributed by atoms with Crippen LogP contribution in [0.1, 0.15) is 24.8 Å². The summed E-state index contributed by atoms with van der Waals surface area (Å²) in [6.07, 6.45) is 1.15. The first kappa shape index (κ1) is 15.1. The SMILES string of the molecule is NC(=S)c1cccc(NC(=O)CN2C(=O)CCCC2=O)c1. The molecule has 0 aliphatic carbocycles. The zero-order chi connectivity index (χ0) is 15.4. The summed E-state index contributed by atoms with van der Waals surface area (Å²) < 4.78 is 0. The molecule has 1 aliphatic heterocycles. The molecule has 0 radical (unpaired) electrons. The van der Waals surface area contributed by atoms with Crippen LogP contribution in [0.3, 0.4) is 0 Å². The normalized spacial score (nSPS) is 15.0. The van der Waals surface area contributed by atoms with Crippen molar-refractivity contribution in [3.05, 3.63) is 29.8 Å². The van der Waals surface area contributed by atoms with Gasteiger partial charge in [0, 0.05) is 24.1 Å². The number of hydrogen-bond donors (Lipinski definition) is 2. The molecule has 0 aromatic heterocycles. The molecule has 6 nitrogen and oxygen atoms in total. The summed E-state index contributed by atoms with van der Waals surface area (Å²) in [4.78, 5) is 36.4. The maximum atomic E-state index is 11.9. The quantitative estimate of drug-likeness (QED) is 0.634. The van der Waals surface area contributed by atoms with Crippen LogP contribution in [0.2, 0.25) is 0 Å². The van der Waals surface area contributed by atoms with Gasteiger partial charge in [0.1, 0.15) is 11.5 Å². The number of likely N-dealkylation sites (tertiary alicyclic amines) is 1. The summed E-state index contributed by atoms with van der Waals surface area (Å²) in [7, 11) is 0. The zero-order valence-corrected chi connectivity index (χ0v) is 12.1. The molecule has 0 unspecified atom stereocenters. The van der Waals surface area contributed by atoms with E-state index in [0.717, 1.165) is 4.90 Å². The Kier molecular flexibility index (Phi) is 4.64. The number of carbonyl (C=O) groups is 3. The van der Waals surface area contributed by atoms with Gasteiger partial charge in [-0.25, -0.2) is 0 Å². The number of amides is 3. The molecule has 0 saturated carbocycles. The lowest BCUT2D eigenvalue weighted by molar-refractivity contribution is -0.150. The topological polar surface area (TPSA) is 92.5 Å². The predicted molar refractivity (Wildman–Crippen MR) is 81.5 cm³/mol. The molecule has 1 saturated heterocycles. The van der Waals surface area contributed by atoms with Crippen molar-refractivity contribution in [1.82, 2.24) is 4.90 Å². The Morgan fingerprint density at radius 3 is 2.57 bits per heavy atom. The third kappa shape index (κ3) is 3.85. The maximum absolute atomic E-state index is 11.9. The molecule has 110 valence electrons. The molecule has 3 amide bonds. The van der Waals surface area contributed by atoms with Crippen LogP contribution in [0.15, 0.2) is 24.3 Å². The highest BCUT2D eigenvalue weighted by molar-refractivity contribution is 7.80. The molecule has 0 bridgehead atoms. The number of rotatable bonds is 4. The van der Waals surface area contributed by atoms with Crippen molar-refractivity contribution in [3.63, 3.8) is 0 Å². The van der Waals surface area contributed by atoms with Crippen molar-refractivity contribution in [2.45, 2.75) is 19.3 Å². The Bertz CT molecular complexity index is 599. The number of nitrogens with zero attached hydrogens (tertiary/aromatic N) is 1. The van der Waals surface area contributed by atoms with E-state index in [2.05, 4.69) is 5.32 Å². The fraction of sp³-hybridized carbons (Fsp3) is 0.286. The van der Waals surface area contributed by atoms with E-state index in [1.165, 1.54) is 0 Å². The second-order valence-corrected chi connectivity index (χ2v) is 5.16. The minimum Gasteiger partial charge on any atom is -0.389 e. The maximum Gasteiger partial charge on any atom is 0.244 e. The molecule has 1 aromatic rings. The van der Waals surface area contributed by atoms with Gasteiger partial charge in [-0.3, -0.25) is 19.3 Å². The number of imide groups is 1. The van der Waals surface area contributed by atoms with Crippen LogP contribution in [-0.4, -0.2) is 34.2 Å². The van der Waals surface area contributed by atoms with Crippen molar-refractivity contribution >= 4 is 40.6 Å². The second kappa shape index (κ2) is 6.45. The van der Waals surface area contributed by atoms with Crippen molar-refractivity contribution in [2.24, 2.45) is 5.73 Å². The van der Waals surface area contributed by atoms with Crippen LogP contribution in [0, 0.1) is 0 Å². The monoisotopic (exact) mass is 305 g/mol. The molecule has 3 N–H and O–H groups in total. The van der Waals surface area contributed by atoms with Crippen molar-refractivity contribution in [3.8, 4) is 0 Å². The van der Waals surface area contributed by atoms with Gasteiger partial charge in [-0.15, -0.1) is 0 Å². The summed E-state index contributed by atoms with van der Waals surface area (Å²) >= 11 is 4.86. The van der Waals surface area contributed by atoms with Gasteiger partial charge in [0.05, 0.1) is 0 Å². The number of nitrogens with two attached hydrogens (primary N) is 1. The molecule has 0 atom stereocenters. The molecule has 1 aliphatic rings. The van der Waals surface area contributed by atoms with Gasteiger partial charge in [-0.1, -0.05) is 24.4 Å². The predicted octanol–water partition coefficient (Wildman–Crippen LogP) is 0.798. The Morgan fingerprint density at radius 2 is 1.95 bits per heavy atom. The highest BCUT2D eigenvalue weighted by Gasteiger charge is 2.27. The number of benzene rings is 1. The fourth-order valence-electron chi connectivity index (χ4n) is 2.07. The van der Waals surface area contributed by atoms with Crippen LogP contribution in [0.25, 0.3) is 0 Å². The second-order valence-electron chi connectivity index (χ2n) is 4.72. The van der Waals surface area contributed by atoms with E-state index in [1.54, 1.807) is 24.3 Å². The van der Waals surface area contributed by atoms with Gasteiger partial charge in [0.2, 0.25) is 17.7 Å². The lowest BCUT2D eigenvalue weighted by Crippen LogP contribution is -2.44. The van der Waals surface area contributed by atoms with Gasteiger partial charge in [0.25, 0.3) is 0 Å². The lowest BCUT2D eigenvalue weighted by Gasteiger charge is -2.24. The molecule has 2 rings (SSSR count). The van der Waals surface area contributed by atoms with Gasteiger partial charge >= 0.3 is 0 Å². The van der Waals surface area contributed by atoms with E-state index >= 15 is 0 Å². The third-order valence-electron chi connectivity index (χ3n) is 3.12. The Morgan fingerprint density at radius 1 is 1.29 bits per heavy atom. The summed E-state index contributed by atoms with van der Waals surface area (Å²) in [6, 6.07) is 6.76. The highest BCUT2D eigenvalue weighted by atomic mass is 32.1. The summed E-state index contributed by atoms with van der Waals surface area (Å²) in [5, 5.41) is 2.63. The average molecular weight is 305 g/mol. The van der Waals surface area contributed by atoms with Crippen LogP contribution in [0.4, 0.5) is 5.69 Å². The Labute approximate surface area is 127 Å². The van der Waals surface area contributed by atoms with Crippen LogP contribution in [0.5, 0.6) is 0 Å². The summed E-state index contributed by atoms with van der Waals surface area (Å²) in [6.45, 7) is -0.269. The largest absolute Gasteiger partial charge is 0.389 e. The number of nitrogens with one attached hydrogen (secondary N) is 1. The standard InChI is InChI=1S/C14H15N3O3S/c15-14(21)9-3-1-4-10(7-9)16-11(18)8-17-12(19)5-2-6-13(17)20/h1,3-4,7H,2,5-6,8H2,(H2,15,21)(H,16,18). The Balaban J connectivity index is 2.01. The first-order valence-corrected chi connectivity index (χ1v) is 6.91. The smallest absolute Gasteiger partial charge is 0.244 e. The number of hydrogen-bond acceptors (Lipinski definition) is 4. The summed E-state index contributed by atoms with van der Waals surface area (Å²) in [5.74, 6) is -1.05. The van der Waals surface area contributed by atoms with Crippen molar-refractivity contribution in [1.29, 1.82) is 0 Å². The number of piperidine rings is 1. The van der Waals surface area contributed by atoms with Crippen molar-refractivity contribution in [2.75, 3.05) is 11.9 Å².